The quantitative estimate of drug-likeness (QED) is 0.888. The maximum atomic E-state index is 12.6. The number of sulfonamides is 1. The van der Waals surface area contributed by atoms with E-state index in [1.54, 1.807) is 44.4 Å². The molecule has 0 aromatic heterocycles. The van der Waals surface area contributed by atoms with Crippen molar-refractivity contribution in [3.05, 3.63) is 48.0 Å². The molecule has 2 aromatic carbocycles. The molecule has 0 radical (unpaired) electrons. The average Bonchev–Trinajstić information content (AvgIpc) is 2.88. The summed E-state index contributed by atoms with van der Waals surface area (Å²) in [6.07, 6.45) is 0.196. The van der Waals surface area contributed by atoms with Gasteiger partial charge in [0, 0.05) is 38.1 Å². The molecule has 0 bridgehead atoms. The summed E-state index contributed by atoms with van der Waals surface area (Å²) in [4.78, 5) is 26.2. The van der Waals surface area contributed by atoms with Crippen molar-refractivity contribution in [3.63, 3.8) is 0 Å². The lowest BCUT2D eigenvalue weighted by atomic mass is 10.2. The zero-order valence-electron chi connectivity index (χ0n) is 14.7. The summed E-state index contributed by atoms with van der Waals surface area (Å²) in [5.74, 6) is -0.177. The topological polar surface area (TPSA) is 86.8 Å². The van der Waals surface area contributed by atoms with E-state index in [1.807, 2.05) is 0 Å². The van der Waals surface area contributed by atoms with Gasteiger partial charge in [-0.25, -0.2) is 8.42 Å². The van der Waals surface area contributed by atoms with Crippen LogP contribution in [0, 0.1) is 0 Å². The minimum atomic E-state index is -3.78. The second kappa shape index (κ2) is 6.45. The van der Waals surface area contributed by atoms with E-state index in [0.29, 0.717) is 16.9 Å². The number of benzene rings is 2. The van der Waals surface area contributed by atoms with Crippen molar-refractivity contribution in [2.75, 3.05) is 28.6 Å². The van der Waals surface area contributed by atoms with Gasteiger partial charge in [-0.2, -0.15) is 0 Å². The van der Waals surface area contributed by atoms with Crippen LogP contribution in [-0.2, 0) is 26.0 Å². The van der Waals surface area contributed by atoms with E-state index in [4.69, 9.17) is 0 Å². The number of rotatable bonds is 4. The highest BCUT2D eigenvalue weighted by atomic mass is 32.2. The third-order valence-electron chi connectivity index (χ3n) is 4.42. The molecule has 0 aliphatic carbocycles. The SMILES string of the molecule is CC(=O)N(C)c1ccc(NS(=O)(=O)c2ccc3c(c2)CC(=O)N3C)cc1. The van der Waals surface area contributed by atoms with Gasteiger partial charge in [-0.3, -0.25) is 14.3 Å². The fourth-order valence-corrected chi connectivity index (χ4v) is 3.87. The maximum absolute atomic E-state index is 12.6. The zero-order chi connectivity index (χ0) is 19.1. The fraction of sp³-hybridized carbons (Fsp3) is 0.222. The predicted octanol–water partition coefficient (Wildman–Crippen LogP) is 1.99. The molecule has 2 aromatic rings. The van der Waals surface area contributed by atoms with E-state index >= 15 is 0 Å². The standard InChI is InChI=1S/C18H19N3O4S/c1-12(22)20(2)15-6-4-14(5-7-15)19-26(24,25)16-8-9-17-13(10-16)11-18(23)21(17)3/h4-10,19H,11H2,1-3H3. The van der Waals surface area contributed by atoms with Crippen LogP contribution < -0.4 is 14.5 Å². The Kier molecular flexibility index (Phi) is 4.45. The van der Waals surface area contributed by atoms with Gasteiger partial charge < -0.3 is 9.80 Å². The highest BCUT2D eigenvalue weighted by molar-refractivity contribution is 7.92. The van der Waals surface area contributed by atoms with Gasteiger partial charge in [-0.05, 0) is 48.0 Å². The molecule has 0 atom stereocenters. The normalized spacial score (nSPS) is 13.5. The highest BCUT2D eigenvalue weighted by Gasteiger charge is 2.26. The number of fused-ring (bicyclic) bond motifs is 1. The fourth-order valence-electron chi connectivity index (χ4n) is 2.76. The summed E-state index contributed by atoms with van der Waals surface area (Å²) >= 11 is 0. The van der Waals surface area contributed by atoms with Crippen LogP contribution in [0.3, 0.4) is 0 Å². The molecular weight excluding hydrogens is 354 g/mol. The Morgan fingerprint density at radius 3 is 2.42 bits per heavy atom. The van der Waals surface area contributed by atoms with E-state index in [2.05, 4.69) is 4.72 Å². The number of carbonyl (C=O) groups is 2. The molecule has 0 fully saturated rings. The first-order valence-corrected chi connectivity index (χ1v) is 9.44. The largest absolute Gasteiger partial charge is 0.316 e. The Balaban J connectivity index is 1.83. The first kappa shape index (κ1) is 17.9. The number of nitrogens with one attached hydrogen (secondary N) is 1. The van der Waals surface area contributed by atoms with Crippen molar-refractivity contribution in [2.24, 2.45) is 0 Å². The lowest BCUT2D eigenvalue weighted by Crippen LogP contribution is -2.22. The third-order valence-corrected chi connectivity index (χ3v) is 5.80. The Morgan fingerprint density at radius 1 is 1.15 bits per heavy atom. The van der Waals surface area contributed by atoms with Crippen molar-refractivity contribution in [3.8, 4) is 0 Å². The zero-order valence-corrected chi connectivity index (χ0v) is 15.5. The second-order valence-corrected chi connectivity index (χ2v) is 7.83. The predicted molar refractivity (Wildman–Crippen MR) is 99.9 cm³/mol. The van der Waals surface area contributed by atoms with Crippen molar-refractivity contribution < 1.29 is 18.0 Å². The Morgan fingerprint density at radius 2 is 1.81 bits per heavy atom. The van der Waals surface area contributed by atoms with Gasteiger partial charge in [0.25, 0.3) is 10.0 Å². The molecule has 0 saturated carbocycles. The molecular formula is C18H19N3O4S. The van der Waals surface area contributed by atoms with E-state index in [0.717, 1.165) is 5.69 Å². The number of hydrogen-bond acceptors (Lipinski definition) is 4. The summed E-state index contributed by atoms with van der Waals surface area (Å²) in [6.45, 7) is 1.45. The van der Waals surface area contributed by atoms with Gasteiger partial charge in [-0.1, -0.05) is 0 Å². The van der Waals surface area contributed by atoms with Gasteiger partial charge in [0.1, 0.15) is 0 Å². The van der Waals surface area contributed by atoms with Gasteiger partial charge in [0.15, 0.2) is 0 Å². The van der Waals surface area contributed by atoms with Crippen LogP contribution >= 0.6 is 0 Å². The number of carbonyl (C=O) groups excluding carboxylic acids is 2. The van der Waals surface area contributed by atoms with Gasteiger partial charge >= 0.3 is 0 Å². The summed E-state index contributed by atoms with van der Waals surface area (Å²) in [5.41, 5.74) is 2.48. The lowest BCUT2D eigenvalue weighted by Gasteiger charge is -2.16. The van der Waals surface area contributed by atoms with E-state index < -0.39 is 10.0 Å². The van der Waals surface area contributed by atoms with Crippen LogP contribution in [0.25, 0.3) is 0 Å². The molecule has 3 rings (SSSR count). The van der Waals surface area contributed by atoms with E-state index in [1.165, 1.54) is 28.9 Å². The first-order chi connectivity index (χ1) is 12.2. The van der Waals surface area contributed by atoms with Gasteiger partial charge in [0.2, 0.25) is 11.8 Å². The molecule has 0 spiro atoms. The highest BCUT2D eigenvalue weighted by Crippen LogP contribution is 2.30. The first-order valence-electron chi connectivity index (χ1n) is 7.96. The maximum Gasteiger partial charge on any atom is 0.261 e. The number of anilines is 3. The average molecular weight is 373 g/mol. The smallest absolute Gasteiger partial charge is 0.261 e. The third kappa shape index (κ3) is 3.28. The van der Waals surface area contributed by atoms with Gasteiger partial charge in [0.05, 0.1) is 11.3 Å². The monoisotopic (exact) mass is 373 g/mol. The van der Waals surface area contributed by atoms with Crippen molar-refractivity contribution >= 4 is 38.9 Å². The van der Waals surface area contributed by atoms with E-state index in [-0.39, 0.29) is 23.1 Å². The van der Waals surface area contributed by atoms with Crippen LogP contribution in [0.15, 0.2) is 47.4 Å². The second-order valence-electron chi connectivity index (χ2n) is 6.15. The molecule has 1 aliphatic heterocycles. The molecule has 2 amide bonds. The summed E-state index contributed by atoms with van der Waals surface area (Å²) < 4.78 is 27.7. The summed E-state index contributed by atoms with van der Waals surface area (Å²) in [6, 6.07) is 11.2. The number of nitrogens with zero attached hydrogens (tertiary/aromatic N) is 2. The molecule has 1 aliphatic rings. The van der Waals surface area contributed by atoms with Crippen LogP contribution in [0.4, 0.5) is 17.1 Å². The summed E-state index contributed by atoms with van der Waals surface area (Å²) in [5, 5.41) is 0. The van der Waals surface area contributed by atoms with Crippen LogP contribution in [0.2, 0.25) is 0 Å². The molecule has 1 N–H and O–H groups in total. The Bertz CT molecular complexity index is 984. The lowest BCUT2D eigenvalue weighted by molar-refractivity contribution is -0.117. The summed E-state index contributed by atoms with van der Waals surface area (Å²) in [7, 11) is -0.470. The molecule has 1 heterocycles. The van der Waals surface area contributed by atoms with Crippen LogP contribution in [0.1, 0.15) is 12.5 Å². The molecule has 0 saturated heterocycles. The van der Waals surface area contributed by atoms with Crippen LogP contribution in [-0.4, -0.2) is 34.3 Å². The van der Waals surface area contributed by atoms with E-state index in [9.17, 15) is 18.0 Å². The van der Waals surface area contributed by atoms with Crippen LogP contribution in [0.5, 0.6) is 0 Å². The van der Waals surface area contributed by atoms with Gasteiger partial charge in [-0.15, -0.1) is 0 Å². The molecule has 136 valence electrons. The number of hydrogen-bond donors (Lipinski definition) is 1. The molecule has 7 nitrogen and oxygen atoms in total. The molecule has 26 heavy (non-hydrogen) atoms. The molecule has 8 heteroatoms. The number of amides is 2. The molecule has 0 unspecified atom stereocenters. The minimum absolute atomic E-state index is 0.0623. The van der Waals surface area contributed by atoms with Crippen molar-refractivity contribution in [2.45, 2.75) is 18.2 Å². The minimum Gasteiger partial charge on any atom is -0.316 e. The Hall–Kier alpha value is -2.87. The Labute approximate surface area is 152 Å². The van der Waals surface area contributed by atoms with Crippen molar-refractivity contribution in [1.82, 2.24) is 0 Å². The number of likely N-dealkylation sites (N-methyl/N-ethyl adjacent to an activating group) is 1. The van der Waals surface area contributed by atoms with Crippen molar-refractivity contribution in [1.29, 1.82) is 0 Å².